The summed E-state index contributed by atoms with van der Waals surface area (Å²) in [5.74, 6) is -0.283. The van der Waals surface area contributed by atoms with Crippen molar-refractivity contribution in [1.82, 2.24) is 15.1 Å². The molecule has 0 aliphatic heterocycles. The monoisotopic (exact) mass is 364 g/mol. The number of amides is 1. The van der Waals surface area contributed by atoms with Gasteiger partial charge in [0.25, 0.3) is 5.91 Å². The second-order valence-electron chi connectivity index (χ2n) is 5.89. The number of nitriles is 1. The lowest BCUT2D eigenvalue weighted by Gasteiger charge is -2.06. The molecule has 2 aromatic carbocycles. The molecule has 0 saturated heterocycles. The molecule has 1 amide bonds. The number of carbonyl (C=O) groups is 1. The number of halogens is 1. The summed E-state index contributed by atoms with van der Waals surface area (Å²) in [5, 5.41) is 16.5. The van der Waals surface area contributed by atoms with Crippen LogP contribution in [0.3, 0.4) is 0 Å². The normalized spacial score (nSPS) is 10.3. The Bertz CT molecular complexity index is 973. The van der Waals surface area contributed by atoms with Crippen molar-refractivity contribution in [2.24, 2.45) is 0 Å². The highest BCUT2D eigenvalue weighted by molar-refractivity contribution is 6.33. The number of benzene rings is 2. The summed E-state index contributed by atoms with van der Waals surface area (Å²) >= 11 is 6.40. The quantitative estimate of drug-likeness (QED) is 0.750. The second kappa shape index (κ2) is 7.85. The van der Waals surface area contributed by atoms with Crippen molar-refractivity contribution in [2.45, 2.75) is 20.0 Å². The minimum atomic E-state index is -0.283. The number of hydrogen-bond acceptors (Lipinski definition) is 3. The van der Waals surface area contributed by atoms with Gasteiger partial charge in [-0.1, -0.05) is 54.1 Å². The standard InChI is InChI=1S/C20H17ClN4O/c1-14-18(19(21)25(24-14)13-15-6-3-2-4-7-15)20(26)23-12-17-9-5-8-16(10-17)11-22/h2-10H,12-13H2,1H3,(H,23,26). The van der Waals surface area contributed by atoms with Gasteiger partial charge < -0.3 is 5.32 Å². The molecule has 0 atom stereocenters. The zero-order chi connectivity index (χ0) is 18.5. The summed E-state index contributed by atoms with van der Waals surface area (Å²) in [6, 6.07) is 19.0. The van der Waals surface area contributed by atoms with Crippen molar-refractivity contribution >= 4 is 17.5 Å². The molecule has 0 fully saturated rings. The van der Waals surface area contributed by atoms with E-state index in [1.807, 2.05) is 36.4 Å². The highest BCUT2D eigenvalue weighted by Crippen LogP contribution is 2.21. The average Bonchev–Trinajstić information content (AvgIpc) is 2.94. The molecule has 130 valence electrons. The van der Waals surface area contributed by atoms with Crippen LogP contribution in [0, 0.1) is 18.3 Å². The summed E-state index contributed by atoms with van der Waals surface area (Å²) in [6.45, 7) is 2.57. The van der Waals surface area contributed by atoms with Crippen LogP contribution in [-0.4, -0.2) is 15.7 Å². The molecule has 0 aliphatic rings. The third-order valence-electron chi connectivity index (χ3n) is 3.98. The van der Waals surface area contributed by atoms with Gasteiger partial charge in [-0.15, -0.1) is 0 Å². The highest BCUT2D eigenvalue weighted by Gasteiger charge is 2.20. The lowest BCUT2D eigenvalue weighted by Crippen LogP contribution is -2.23. The van der Waals surface area contributed by atoms with Gasteiger partial charge in [0, 0.05) is 6.54 Å². The van der Waals surface area contributed by atoms with E-state index in [4.69, 9.17) is 16.9 Å². The van der Waals surface area contributed by atoms with Crippen molar-refractivity contribution in [3.8, 4) is 6.07 Å². The third-order valence-corrected chi connectivity index (χ3v) is 4.36. The molecule has 0 aliphatic carbocycles. The number of rotatable bonds is 5. The lowest BCUT2D eigenvalue weighted by molar-refractivity contribution is 0.0950. The molecule has 0 saturated carbocycles. The van der Waals surface area contributed by atoms with Crippen LogP contribution >= 0.6 is 11.6 Å². The first-order valence-electron chi connectivity index (χ1n) is 8.12. The van der Waals surface area contributed by atoms with Crippen molar-refractivity contribution in [3.63, 3.8) is 0 Å². The molecule has 0 bridgehead atoms. The van der Waals surface area contributed by atoms with Gasteiger partial charge in [-0.05, 0) is 30.2 Å². The predicted octanol–water partition coefficient (Wildman–Crippen LogP) is 3.69. The topological polar surface area (TPSA) is 70.7 Å². The summed E-state index contributed by atoms with van der Waals surface area (Å²) in [7, 11) is 0. The van der Waals surface area contributed by atoms with Crippen molar-refractivity contribution in [3.05, 3.63) is 87.7 Å². The molecule has 3 aromatic rings. The van der Waals surface area contributed by atoms with E-state index in [2.05, 4.69) is 16.5 Å². The molecule has 0 radical (unpaired) electrons. The molecule has 5 nitrogen and oxygen atoms in total. The highest BCUT2D eigenvalue weighted by atomic mass is 35.5. The second-order valence-corrected chi connectivity index (χ2v) is 6.25. The van der Waals surface area contributed by atoms with Gasteiger partial charge in [0.1, 0.15) is 5.15 Å². The molecular weight excluding hydrogens is 348 g/mol. The minimum absolute atomic E-state index is 0.283. The zero-order valence-electron chi connectivity index (χ0n) is 14.2. The Morgan fingerprint density at radius 2 is 1.92 bits per heavy atom. The molecule has 1 N–H and O–H groups in total. The van der Waals surface area contributed by atoms with Crippen molar-refractivity contribution < 1.29 is 4.79 Å². The third kappa shape index (κ3) is 3.93. The fourth-order valence-electron chi connectivity index (χ4n) is 2.69. The van der Waals surface area contributed by atoms with Crippen LogP contribution in [0.15, 0.2) is 54.6 Å². The largest absolute Gasteiger partial charge is 0.348 e. The van der Waals surface area contributed by atoms with Crippen molar-refractivity contribution in [1.29, 1.82) is 5.26 Å². The van der Waals surface area contributed by atoms with Gasteiger partial charge in [0.2, 0.25) is 0 Å². The predicted molar refractivity (Wildman–Crippen MR) is 99.8 cm³/mol. The van der Waals surface area contributed by atoms with Crippen LogP contribution in [0.2, 0.25) is 5.15 Å². The van der Waals surface area contributed by atoms with Crippen LogP contribution in [-0.2, 0) is 13.1 Å². The first-order valence-corrected chi connectivity index (χ1v) is 8.50. The van der Waals surface area contributed by atoms with Gasteiger partial charge in [0.05, 0.1) is 29.4 Å². The molecule has 26 heavy (non-hydrogen) atoms. The minimum Gasteiger partial charge on any atom is -0.348 e. The number of nitrogens with zero attached hydrogens (tertiary/aromatic N) is 3. The summed E-state index contributed by atoms with van der Waals surface area (Å²) < 4.78 is 1.62. The molecule has 1 aromatic heterocycles. The van der Waals surface area contributed by atoms with Crippen LogP contribution in [0.5, 0.6) is 0 Å². The van der Waals surface area contributed by atoms with Gasteiger partial charge in [-0.25, -0.2) is 4.68 Å². The van der Waals surface area contributed by atoms with Crippen molar-refractivity contribution in [2.75, 3.05) is 0 Å². The zero-order valence-corrected chi connectivity index (χ0v) is 15.0. The maximum absolute atomic E-state index is 12.6. The summed E-state index contributed by atoms with van der Waals surface area (Å²) in [5.41, 5.74) is 3.41. The van der Waals surface area contributed by atoms with Crippen LogP contribution < -0.4 is 5.32 Å². The van der Waals surface area contributed by atoms with Gasteiger partial charge >= 0.3 is 0 Å². The Morgan fingerprint density at radius 1 is 1.19 bits per heavy atom. The van der Waals surface area contributed by atoms with Crippen LogP contribution in [0.4, 0.5) is 0 Å². The van der Waals surface area contributed by atoms with Crippen LogP contribution in [0.1, 0.15) is 32.7 Å². The number of carbonyl (C=O) groups excluding carboxylic acids is 1. The Morgan fingerprint density at radius 3 is 2.65 bits per heavy atom. The number of hydrogen-bond donors (Lipinski definition) is 1. The van der Waals surface area contributed by atoms with E-state index in [0.29, 0.717) is 35.1 Å². The maximum Gasteiger partial charge on any atom is 0.256 e. The van der Waals surface area contributed by atoms with E-state index in [1.165, 1.54) is 0 Å². The Labute approximate surface area is 156 Å². The van der Waals surface area contributed by atoms with Gasteiger partial charge in [-0.2, -0.15) is 10.4 Å². The van der Waals surface area contributed by atoms with E-state index < -0.39 is 0 Å². The molecule has 0 unspecified atom stereocenters. The van der Waals surface area contributed by atoms with E-state index in [0.717, 1.165) is 11.1 Å². The first kappa shape index (κ1) is 17.7. The summed E-state index contributed by atoms with van der Waals surface area (Å²) in [6.07, 6.45) is 0. The fourth-order valence-corrected chi connectivity index (χ4v) is 3.01. The Hall–Kier alpha value is -3.10. The molecule has 6 heteroatoms. The first-order chi connectivity index (χ1) is 12.6. The number of aryl methyl sites for hydroxylation is 1. The van der Waals surface area contributed by atoms with E-state index in [-0.39, 0.29) is 5.91 Å². The Balaban J connectivity index is 1.74. The lowest BCUT2D eigenvalue weighted by atomic mass is 10.1. The molecular formula is C20H17ClN4O. The smallest absolute Gasteiger partial charge is 0.256 e. The molecule has 3 rings (SSSR count). The summed E-state index contributed by atoms with van der Waals surface area (Å²) in [4.78, 5) is 12.6. The number of nitrogens with one attached hydrogen (secondary N) is 1. The SMILES string of the molecule is Cc1nn(Cc2ccccc2)c(Cl)c1C(=O)NCc1cccc(C#N)c1. The average molecular weight is 365 g/mol. The Kier molecular flexibility index (Phi) is 5.35. The van der Waals surface area contributed by atoms with Gasteiger partial charge in [-0.3, -0.25) is 4.79 Å². The molecule has 0 spiro atoms. The van der Waals surface area contributed by atoms with E-state index in [1.54, 1.807) is 29.8 Å². The van der Waals surface area contributed by atoms with E-state index >= 15 is 0 Å². The van der Waals surface area contributed by atoms with Gasteiger partial charge in [0.15, 0.2) is 0 Å². The van der Waals surface area contributed by atoms with E-state index in [9.17, 15) is 4.79 Å². The fraction of sp³-hybridized carbons (Fsp3) is 0.150. The number of aromatic nitrogens is 2. The molecule has 1 heterocycles. The maximum atomic E-state index is 12.6. The van der Waals surface area contributed by atoms with Crippen LogP contribution in [0.25, 0.3) is 0 Å².